The number of para-hydroxylation sites is 1. The maximum Gasteiger partial charge on any atom is 0.279 e. The lowest BCUT2D eigenvalue weighted by atomic mass is 9.96. The molecule has 2 N–H and O–H groups in total. The fourth-order valence-corrected chi connectivity index (χ4v) is 1.19. The van der Waals surface area contributed by atoms with E-state index in [1.807, 2.05) is 0 Å². The number of rotatable bonds is 3. The Kier molecular flexibility index (Phi) is 5.07. The summed E-state index contributed by atoms with van der Waals surface area (Å²) in [5.41, 5.74) is 3.91. The lowest BCUT2D eigenvalue weighted by Gasteiger charge is -2.20. The van der Waals surface area contributed by atoms with E-state index < -0.39 is 23.2 Å². The molecule has 1 atom stereocenters. The second-order valence-electron chi connectivity index (χ2n) is 5.38. The van der Waals surface area contributed by atoms with Gasteiger partial charge in [-0.1, -0.05) is 32.9 Å². The fraction of sp³-hybridized carbons (Fsp3) is 0.429. The van der Waals surface area contributed by atoms with Crippen molar-refractivity contribution in [2.45, 2.75) is 33.8 Å². The van der Waals surface area contributed by atoms with Crippen LogP contribution in [0.3, 0.4) is 0 Å². The zero-order valence-electron chi connectivity index (χ0n) is 12.0. The van der Waals surface area contributed by atoms with E-state index in [0.717, 1.165) is 0 Å². The van der Waals surface area contributed by atoms with Crippen molar-refractivity contribution in [3.63, 3.8) is 0 Å². The second kappa shape index (κ2) is 6.36. The van der Waals surface area contributed by atoms with Crippen molar-refractivity contribution in [3.05, 3.63) is 30.1 Å². The molecule has 2 amide bonds. The molecule has 0 saturated carbocycles. The van der Waals surface area contributed by atoms with Gasteiger partial charge in [-0.3, -0.25) is 20.4 Å². The standard InChI is InChI=1S/C14H19FN2O3/c1-9(20-11-8-6-5-7-10(11)15)12(18)16-17-13(19)14(2,3)4/h5-9H,1-4H3,(H,16,18)(H,17,19). The average Bonchev–Trinajstić information content (AvgIpc) is 2.36. The second-order valence-corrected chi connectivity index (χ2v) is 5.38. The highest BCUT2D eigenvalue weighted by molar-refractivity contribution is 5.86. The van der Waals surface area contributed by atoms with Crippen molar-refractivity contribution in [1.82, 2.24) is 10.9 Å². The summed E-state index contributed by atoms with van der Waals surface area (Å²) in [6.07, 6.45) is -0.938. The number of hydrazine groups is 1. The number of hydrogen-bond acceptors (Lipinski definition) is 3. The average molecular weight is 282 g/mol. The van der Waals surface area contributed by atoms with E-state index in [1.165, 1.54) is 25.1 Å². The van der Waals surface area contributed by atoms with Crippen LogP contribution in [0.1, 0.15) is 27.7 Å². The monoisotopic (exact) mass is 282 g/mol. The van der Waals surface area contributed by atoms with Gasteiger partial charge in [0.15, 0.2) is 17.7 Å². The van der Waals surface area contributed by atoms with E-state index in [1.54, 1.807) is 26.8 Å². The first-order valence-electron chi connectivity index (χ1n) is 6.23. The van der Waals surface area contributed by atoms with Gasteiger partial charge in [-0.05, 0) is 19.1 Å². The van der Waals surface area contributed by atoms with Crippen LogP contribution in [0.4, 0.5) is 4.39 Å². The van der Waals surface area contributed by atoms with Gasteiger partial charge >= 0.3 is 0 Å². The molecular formula is C14H19FN2O3. The lowest BCUT2D eigenvalue weighted by molar-refractivity contribution is -0.136. The summed E-state index contributed by atoms with van der Waals surface area (Å²) >= 11 is 0. The van der Waals surface area contributed by atoms with Crippen LogP contribution in [-0.4, -0.2) is 17.9 Å². The van der Waals surface area contributed by atoms with E-state index in [2.05, 4.69) is 10.9 Å². The molecule has 1 aromatic carbocycles. The lowest BCUT2D eigenvalue weighted by Crippen LogP contribution is -2.50. The van der Waals surface area contributed by atoms with Gasteiger partial charge in [0.2, 0.25) is 5.91 Å². The molecule has 5 nitrogen and oxygen atoms in total. The Morgan fingerprint density at radius 2 is 1.80 bits per heavy atom. The maximum atomic E-state index is 13.4. The highest BCUT2D eigenvalue weighted by Crippen LogP contribution is 2.17. The predicted molar refractivity (Wildman–Crippen MR) is 72.2 cm³/mol. The van der Waals surface area contributed by atoms with E-state index in [9.17, 15) is 14.0 Å². The van der Waals surface area contributed by atoms with Crippen LogP contribution in [0.25, 0.3) is 0 Å². The topological polar surface area (TPSA) is 67.4 Å². The van der Waals surface area contributed by atoms with Crippen molar-refractivity contribution in [1.29, 1.82) is 0 Å². The van der Waals surface area contributed by atoms with E-state index in [0.29, 0.717) is 0 Å². The first-order valence-corrected chi connectivity index (χ1v) is 6.23. The third-order valence-electron chi connectivity index (χ3n) is 2.49. The summed E-state index contributed by atoms with van der Waals surface area (Å²) in [5, 5.41) is 0. The molecule has 20 heavy (non-hydrogen) atoms. The molecule has 0 aliphatic heterocycles. The Morgan fingerprint density at radius 3 is 2.35 bits per heavy atom. The van der Waals surface area contributed by atoms with Gasteiger partial charge in [0.1, 0.15) is 0 Å². The van der Waals surface area contributed by atoms with E-state index in [-0.39, 0.29) is 11.7 Å². The minimum Gasteiger partial charge on any atom is -0.478 e. The minimum absolute atomic E-state index is 0.0164. The van der Waals surface area contributed by atoms with Crippen LogP contribution < -0.4 is 15.6 Å². The Morgan fingerprint density at radius 1 is 1.20 bits per heavy atom. The minimum atomic E-state index is -0.938. The SMILES string of the molecule is CC(Oc1ccccc1F)C(=O)NNC(=O)C(C)(C)C. The largest absolute Gasteiger partial charge is 0.478 e. The number of carbonyl (C=O) groups excluding carboxylic acids is 2. The van der Waals surface area contributed by atoms with Gasteiger partial charge in [-0.15, -0.1) is 0 Å². The molecule has 0 saturated heterocycles. The van der Waals surface area contributed by atoms with E-state index >= 15 is 0 Å². The van der Waals surface area contributed by atoms with Crippen LogP contribution in [0.15, 0.2) is 24.3 Å². The van der Waals surface area contributed by atoms with Crippen molar-refractivity contribution in [3.8, 4) is 5.75 Å². The number of nitrogens with one attached hydrogen (secondary N) is 2. The molecule has 1 aromatic rings. The van der Waals surface area contributed by atoms with Crippen LogP contribution in [0, 0.1) is 11.2 Å². The molecular weight excluding hydrogens is 263 g/mol. The van der Waals surface area contributed by atoms with Crippen molar-refractivity contribution in [2.75, 3.05) is 0 Å². The molecule has 0 bridgehead atoms. The highest BCUT2D eigenvalue weighted by Gasteiger charge is 2.23. The maximum absolute atomic E-state index is 13.4. The van der Waals surface area contributed by atoms with Gasteiger partial charge in [-0.2, -0.15) is 0 Å². The van der Waals surface area contributed by atoms with Crippen molar-refractivity contribution in [2.24, 2.45) is 5.41 Å². The van der Waals surface area contributed by atoms with Crippen LogP contribution in [0.2, 0.25) is 0 Å². The first kappa shape index (κ1) is 15.9. The van der Waals surface area contributed by atoms with E-state index in [4.69, 9.17) is 4.74 Å². The van der Waals surface area contributed by atoms with Crippen molar-refractivity contribution < 1.29 is 18.7 Å². The molecule has 110 valence electrons. The number of benzene rings is 1. The van der Waals surface area contributed by atoms with Gasteiger partial charge in [-0.25, -0.2) is 4.39 Å². The van der Waals surface area contributed by atoms with Crippen LogP contribution in [-0.2, 0) is 9.59 Å². The Hall–Kier alpha value is -2.11. The molecule has 0 aromatic heterocycles. The smallest absolute Gasteiger partial charge is 0.279 e. The molecule has 1 rings (SSSR count). The Bertz CT molecular complexity index is 497. The molecule has 6 heteroatoms. The molecule has 0 fully saturated rings. The first-order chi connectivity index (χ1) is 9.21. The van der Waals surface area contributed by atoms with Crippen LogP contribution in [0.5, 0.6) is 5.75 Å². The summed E-state index contributed by atoms with van der Waals surface area (Å²) in [6.45, 7) is 6.61. The zero-order valence-corrected chi connectivity index (χ0v) is 12.0. The summed E-state index contributed by atoms with van der Waals surface area (Å²) in [4.78, 5) is 23.3. The number of amides is 2. The Balaban J connectivity index is 2.52. The summed E-state index contributed by atoms with van der Waals surface area (Å²) < 4.78 is 18.5. The number of halogens is 1. The third-order valence-corrected chi connectivity index (χ3v) is 2.49. The Labute approximate surface area is 117 Å². The van der Waals surface area contributed by atoms with Crippen molar-refractivity contribution >= 4 is 11.8 Å². The van der Waals surface area contributed by atoms with Gasteiger partial charge in [0, 0.05) is 5.41 Å². The molecule has 0 heterocycles. The summed E-state index contributed by atoms with van der Waals surface area (Å²) in [5.74, 6) is -1.46. The number of hydrogen-bond donors (Lipinski definition) is 2. The number of carbonyl (C=O) groups is 2. The quantitative estimate of drug-likeness (QED) is 0.831. The van der Waals surface area contributed by atoms with Gasteiger partial charge in [0.05, 0.1) is 0 Å². The normalized spacial score (nSPS) is 12.4. The molecule has 1 unspecified atom stereocenters. The van der Waals surface area contributed by atoms with Crippen LogP contribution >= 0.6 is 0 Å². The van der Waals surface area contributed by atoms with Gasteiger partial charge in [0.25, 0.3) is 5.91 Å². The molecule has 0 aliphatic rings. The highest BCUT2D eigenvalue weighted by atomic mass is 19.1. The van der Waals surface area contributed by atoms with Gasteiger partial charge < -0.3 is 4.74 Å². The third kappa shape index (κ3) is 4.53. The predicted octanol–water partition coefficient (Wildman–Crippen LogP) is 1.79. The summed E-state index contributed by atoms with van der Waals surface area (Å²) in [7, 11) is 0. The molecule has 0 spiro atoms. The fourth-order valence-electron chi connectivity index (χ4n) is 1.19. The number of ether oxygens (including phenoxy) is 1. The molecule has 0 radical (unpaired) electrons. The summed E-state index contributed by atoms with van der Waals surface area (Å²) in [6, 6.07) is 5.79. The zero-order chi connectivity index (χ0) is 15.3. The molecule has 0 aliphatic carbocycles.